The maximum absolute atomic E-state index is 13.8. The molecule has 206 valence electrons. The van der Waals surface area contributed by atoms with E-state index in [0.717, 1.165) is 20.3 Å². The van der Waals surface area contributed by atoms with E-state index in [-0.39, 0.29) is 21.8 Å². The lowest BCUT2D eigenvalue weighted by Gasteiger charge is -2.18. The molecule has 1 aromatic heterocycles. The lowest BCUT2D eigenvalue weighted by Crippen LogP contribution is -2.34. The zero-order chi connectivity index (χ0) is 28.7. The summed E-state index contributed by atoms with van der Waals surface area (Å²) in [4.78, 5) is 2.04. The topological polar surface area (TPSA) is 152 Å². The van der Waals surface area contributed by atoms with Gasteiger partial charge in [0, 0.05) is 24.1 Å². The van der Waals surface area contributed by atoms with E-state index in [9.17, 15) is 42.8 Å². The molecule has 0 fully saturated rings. The smallest absolute Gasteiger partial charge is 0.206 e. The number of benzene rings is 2. The maximum Gasteiger partial charge on any atom is 0.419 e. The van der Waals surface area contributed by atoms with Crippen molar-refractivity contribution in [2.75, 3.05) is 14.1 Å². The van der Waals surface area contributed by atoms with Crippen molar-refractivity contribution in [1.82, 2.24) is 22.3 Å². The molecule has 0 aliphatic rings. The highest BCUT2D eigenvalue weighted by molar-refractivity contribution is 9.10. The number of hydrogen-bond acceptors (Lipinski definition) is 9. The summed E-state index contributed by atoms with van der Waals surface area (Å²) in [5.74, 6) is -1.81. The Hall–Kier alpha value is -2.94. The summed E-state index contributed by atoms with van der Waals surface area (Å²) in [5, 5.41) is 5.39. The molecule has 2 aromatic carbocycles. The minimum atomic E-state index is -5.52. The number of hydrogen-bond donors (Lipinski definition) is 0. The molecule has 0 atom stereocenters. The Bertz CT molecular complexity index is 1720. The summed E-state index contributed by atoms with van der Waals surface area (Å²) in [6, 6.07) is 6.44. The third kappa shape index (κ3) is 5.72. The molecule has 0 N–H and O–H groups in total. The molecule has 38 heavy (non-hydrogen) atoms. The van der Waals surface area contributed by atoms with Gasteiger partial charge in [-0.1, -0.05) is 37.9 Å². The van der Waals surface area contributed by atoms with Crippen LogP contribution in [-0.4, -0.2) is 67.9 Å². The normalized spacial score (nSPS) is 13.4. The standard InChI is InChI=1S/C18H15BrF4N6O6S3/c1-27(2)38(34,35)28-11-24-17(26-28)37(32,33)29(25-10-12-5-3-4-6-15(12)19)36(30,31)13-7-8-16(20)14(9-13)18(21,22)23/h3-11H,1-2H3/b25-10+. The summed E-state index contributed by atoms with van der Waals surface area (Å²) in [7, 11) is -13.2. The van der Waals surface area contributed by atoms with Crippen molar-refractivity contribution in [3.63, 3.8) is 0 Å². The Morgan fingerprint density at radius 1 is 1.00 bits per heavy atom. The second-order valence-corrected chi connectivity index (χ2v) is 13.8. The van der Waals surface area contributed by atoms with Crippen molar-refractivity contribution in [2.45, 2.75) is 16.2 Å². The number of halogens is 5. The molecule has 0 bridgehead atoms. The molecule has 1 heterocycles. The first-order valence-corrected chi connectivity index (χ1v) is 14.8. The summed E-state index contributed by atoms with van der Waals surface area (Å²) in [5.41, 5.74) is -1.84. The van der Waals surface area contributed by atoms with Gasteiger partial charge < -0.3 is 0 Å². The van der Waals surface area contributed by atoms with E-state index in [1.54, 1.807) is 6.07 Å². The van der Waals surface area contributed by atoms with Crippen molar-refractivity contribution < 1.29 is 42.8 Å². The highest BCUT2D eigenvalue weighted by atomic mass is 79.9. The van der Waals surface area contributed by atoms with E-state index in [1.165, 1.54) is 18.2 Å². The maximum atomic E-state index is 13.8. The Balaban J connectivity index is 2.24. The van der Waals surface area contributed by atoms with Crippen molar-refractivity contribution in [1.29, 1.82) is 0 Å². The minimum absolute atomic E-state index is 0.107. The van der Waals surface area contributed by atoms with Crippen LogP contribution in [0.3, 0.4) is 0 Å². The van der Waals surface area contributed by atoms with Crippen LogP contribution < -0.4 is 0 Å². The van der Waals surface area contributed by atoms with Crippen molar-refractivity contribution in [3.05, 3.63) is 70.2 Å². The molecule has 0 radical (unpaired) electrons. The van der Waals surface area contributed by atoms with Gasteiger partial charge in [-0.3, -0.25) is 0 Å². The summed E-state index contributed by atoms with van der Waals surface area (Å²) >= 11 is 3.14. The van der Waals surface area contributed by atoms with Gasteiger partial charge in [-0.2, -0.15) is 47.8 Å². The van der Waals surface area contributed by atoms with Gasteiger partial charge in [-0.15, -0.1) is 9.19 Å². The molecule has 0 saturated heterocycles. The Morgan fingerprint density at radius 2 is 1.63 bits per heavy atom. The zero-order valence-corrected chi connectivity index (χ0v) is 23.0. The molecular weight excluding hydrogens is 648 g/mol. The lowest BCUT2D eigenvalue weighted by molar-refractivity contribution is -0.140. The van der Waals surface area contributed by atoms with Gasteiger partial charge >= 0.3 is 26.4 Å². The summed E-state index contributed by atoms with van der Waals surface area (Å²) in [6.45, 7) is 0. The second-order valence-electron chi connectivity index (χ2n) is 7.28. The molecule has 3 aromatic rings. The Labute approximate surface area is 222 Å². The molecular formula is C18H15BrF4N6O6S3. The molecule has 0 unspecified atom stereocenters. The predicted octanol–water partition coefficient (Wildman–Crippen LogP) is 2.27. The van der Waals surface area contributed by atoms with Crippen LogP contribution in [0.4, 0.5) is 17.6 Å². The third-order valence-electron chi connectivity index (χ3n) is 4.53. The molecule has 12 nitrogen and oxygen atoms in total. The first-order chi connectivity index (χ1) is 17.4. The van der Waals surface area contributed by atoms with Gasteiger partial charge in [-0.25, -0.2) is 9.37 Å². The van der Waals surface area contributed by atoms with E-state index >= 15 is 0 Å². The SMILES string of the molecule is CN(C)S(=O)(=O)n1cnc(S(=O)(=O)N(/N=C/c2ccccc2Br)S(=O)(=O)c2ccc(F)c(C(F)(F)F)c2)n1. The van der Waals surface area contributed by atoms with E-state index in [4.69, 9.17) is 0 Å². The zero-order valence-electron chi connectivity index (χ0n) is 18.9. The molecule has 0 aliphatic carbocycles. The van der Waals surface area contributed by atoms with E-state index in [1.807, 2.05) is 0 Å². The molecule has 0 aliphatic heterocycles. The van der Waals surface area contributed by atoms with Crippen LogP contribution in [0.2, 0.25) is 0 Å². The molecule has 3 rings (SSSR count). The van der Waals surface area contributed by atoms with Gasteiger partial charge in [-0.05, 0) is 24.3 Å². The highest BCUT2D eigenvalue weighted by Crippen LogP contribution is 2.34. The average molecular weight is 663 g/mol. The van der Waals surface area contributed by atoms with Gasteiger partial charge in [0.1, 0.15) is 12.1 Å². The van der Waals surface area contributed by atoms with Gasteiger partial charge in [0.15, 0.2) is 0 Å². The van der Waals surface area contributed by atoms with E-state index < -0.39 is 61.7 Å². The number of rotatable bonds is 8. The number of hydrazone groups is 1. The van der Waals surface area contributed by atoms with Crippen LogP contribution >= 0.6 is 15.9 Å². The van der Waals surface area contributed by atoms with E-state index in [0.29, 0.717) is 21.2 Å². The molecule has 0 spiro atoms. The summed E-state index contributed by atoms with van der Waals surface area (Å²) in [6.07, 6.45) is -4.11. The predicted molar refractivity (Wildman–Crippen MR) is 127 cm³/mol. The molecule has 0 amide bonds. The molecule has 0 saturated carbocycles. The fourth-order valence-electron chi connectivity index (χ4n) is 2.62. The molecule has 20 heteroatoms. The number of alkyl halides is 3. The van der Waals surface area contributed by atoms with E-state index in [2.05, 4.69) is 31.1 Å². The highest BCUT2D eigenvalue weighted by Gasteiger charge is 2.41. The number of sulfonamides is 2. The van der Waals surface area contributed by atoms with Crippen LogP contribution in [0.5, 0.6) is 0 Å². The number of nitrogens with zero attached hydrogens (tertiary/aromatic N) is 6. The monoisotopic (exact) mass is 662 g/mol. The van der Waals surface area contributed by atoms with Gasteiger partial charge in [0.2, 0.25) is 0 Å². The third-order valence-corrected chi connectivity index (χ3v) is 10.5. The van der Waals surface area contributed by atoms with Crippen LogP contribution in [0.25, 0.3) is 0 Å². The quantitative estimate of drug-likeness (QED) is 0.202. The first kappa shape index (κ1) is 29.6. The van der Waals surface area contributed by atoms with Gasteiger partial charge in [0.05, 0.1) is 16.7 Å². The first-order valence-electron chi connectivity index (χ1n) is 9.70. The van der Waals surface area contributed by atoms with Crippen LogP contribution in [0.1, 0.15) is 11.1 Å². The van der Waals surface area contributed by atoms with Crippen LogP contribution in [0, 0.1) is 5.82 Å². The van der Waals surface area contributed by atoms with Crippen LogP contribution in [-0.2, 0) is 36.4 Å². The fraction of sp³-hybridized carbons (Fsp3) is 0.167. The second kappa shape index (κ2) is 10.3. The van der Waals surface area contributed by atoms with Crippen molar-refractivity contribution in [3.8, 4) is 0 Å². The van der Waals surface area contributed by atoms with Gasteiger partial charge in [0.25, 0.3) is 15.2 Å². The summed E-state index contributed by atoms with van der Waals surface area (Å²) < 4.78 is 132. The minimum Gasteiger partial charge on any atom is -0.206 e. The fourth-order valence-corrected chi connectivity index (χ4v) is 6.77. The Kier molecular flexibility index (Phi) is 8.04. The van der Waals surface area contributed by atoms with Crippen molar-refractivity contribution in [2.24, 2.45) is 5.10 Å². The van der Waals surface area contributed by atoms with Crippen LogP contribution in [0.15, 0.2) is 68.4 Å². The lowest BCUT2D eigenvalue weighted by atomic mass is 10.2. The average Bonchev–Trinajstić information content (AvgIpc) is 3.31. The number of aromatic nitrogens is 3. The largest absolute Gasteiger partial charge is 0.419 e. The Morgan fingerprint density at radius 3 is 2.21 bits per heavy atom. The van der Waals surface area contributed by atoms with Crippen molar-refractivity contribution >= 4 is 52.4 Å².